The Morgan fingerprint density at radius 1 is 1.64 bits per heavy atom. The average Bonchev–Trinajstić information content (AvgIpc) is 2.39. The van der Waals surface area contributed by atoms with E-state index in [0.29, 0.717) is 12.8 Å². The lowest BCUT2D eigenvalue weighted by molar-refractivity contribution is -0.153. The van der Waals surface area contributed by atoms with Crippen LogP contribution in [0.3, 0.4) is 0 Å². The van der Waals surface area contributed by atoms with Crippen LogP contribution in [0.15, 0.2) is 0 Å². The molecular weight excluding hydrogens is 186 g/mol. The minimum Gasteiger partial charge on any atom is -0.467 e. The van der Waals surface area contributed by atoms with Crippen molar-refractivity contribution < 1.29 is 19.4 Å². The fourth-order valence-electron chi connectivity index (χ4n) is 1.64. The van der Waals surface area contributed by atoms with Gasteiger partial charge in [-0.25, -0.2) is 4.79 Å². The number of aliphatic hydroxyl groups is 1. The number of rotatable bonds is 2. The Morgan fingerprint density at radius 2 is 2.36 bits per heavy atom. The van der Waals surface area contributed by atoms with E-state index in [2.05, 4.69) is 10.1 Å². The summed E-state index contributed by atoms with van der Waals surface area (Å²) < 4.78 is 4.57. The summed E-state index contributed by atoms with van der Waals surface area (Å²) >= 11 is 0. The van der Waals surface area contributed by atoms with Crippen LogP contribution in [-0.2, 0) is 14.3 Å². The summed E-state index contributed by atoms with van der Waals surface area (Å²) in [5.74, 6) is -0.780. The van der Waals surface area contributed by atoms with Gasteiger partial charge in [-0.15, -0.1) is 0 Å². The van der Waals surface area contributed by atoms with Crippen molar-refractivity contribution in [2.75, 3.05) is 13.7 Å². The first-order valence-corrected chi connectivity index (χ1v) is 4.65. The number of nitrogens with one attached hydrogen (secondary N) is 1. The van der Waals surface area contributed by atoms with Crippen LogP contribution in [-0.4, -0.2) is 36.2 Å². The van der Waals surface area contributed by atoms with Crippen molar-refractivity contribution >= 4 is 11.9 Å². The minimum atomic E-state index is -1.22. The van der Waals surface area contributed by atoms with Gasteiger partial charge in [0.05, 0.1) is 13.7 Å². The van der Waals surface area contributed by atoms with Crippen LogP contribution in [0.1, 0.15) is 25.7 Å². The predicted molar refractivity (Wildman–Crippen MR) is 48.4 cm³/mol. The molecule has 5 nitrogen and oxygen atoms in total. The van der Waals surface area contributed by atoms with E-state index >= 15 is 0 Å². The van der Waals surface area contributed by atoms with Crippen LogP contribution in [0.4, 0.5) is 0 Å². The number of carbonyl (C=O) groups is 2. The lowest BCUT2D eigenvalue weighted by Crippen LogP contribution is -2.56. The van der Waals surface area contributed by atoms with Crippen LogP contribution in [0.5, 0.6) is 0 Å². The highest BCUT2D eigenvalue weighted by Gasteiger charge is 2.41. The summed E-state index contributed by atoms with van der Waals surface area (Å²) in [4.78, 5) is 22.7. The summed E-state index contributed by atoms with van der Waals surface area (Å²) in [6, 6.07) is 0. The molecule has 14 heavy (non-hydrogen) atoms. The summed E-state index contributed by atoms with van der Waals surface area (Å²) in [5.41, 5.74) is -1.22. The standard InChI is InChI=1S/C9H15NO4/c1-14-8(13)9(6-11)5-3-2-4-7(12)10-9/h11H,2-6H2,1H3,(H,10,12)/t9-/m0/s1. The van der Waals surface area contributed by atoms with Gasteiger partial charge in [0.25, 0.3) is 0 Å². The minimum absolute atomic E-state index is 0.207. The van der Waals surface area contributed by atoms with Crippen molar-refractivity contribution in [2.24, 2.45) is 0 Å². The highest BCUT2D eigenvalue weighted by atomic mass is 16.5. The van der Waals surface area contributed by atoms with Crippen LogP contribution in [0.2, 0.25) is 0 Å². The Bertz CT molecular complexity index is 241. The normalized spacial score (nSPS) is 27.7. The third-order valence-electron chi connectivity index (χ3n) is 2.48. The Balaban J connectivity index is 2.84. The first-order chi connectivity index (χ1) is 6.64. The molecule has 0 spiro atoms. The molecule has 80 valence electrons. The Kier molecular flexibility index (Phi) is 3.46. The monoisotopic (exact) mass is 201 g/mol. The second-order valence-corrected chi connectivity index (χ2v) is 3.49. The summed E-state index contributed by atoms with van der Waals surface area (Å²) in [6.45, 7) is -0.411. The quantitative estimate of drug-likeness (QED) is 0.595. The molecule has 5 heteroatoms. The molecule has 0 unspecified atom stereocenters. The number of hydrogen-bond acceptors (Lipinski definition) is 4. The molecule has 1 aliphatic rings. The number of carbonyl (C=O) groups excluding carboxylic acids is 2. The zero-order chi connectivity index (χ0) is 10.6. The molecule has 1 atom stereocenters. The molecule has 1 amide bonds. The smallest absolute Gasteiger partial charge is 0.334 e. The van der Waals surface area contributed by atoms with Crippen molar-refractivity contribution in [3.8, 4) is 0 Å². The van der Waals surface area contributed by atoms with Gasteiger partial charge in [-0.3, -0.25) is 4.79 Å². The van der Waals surface area contributed by atoms with Crippen molar-refractivity contribution in [1.29, 1.82) is 0 Å². The fraction of sp³-hybridized carbons (Fsp3) is 0.778. The van der Waals surface area contributed by atoms with Gasteiger partial charge >= 0.3 is 5.97 Å². The first kappa shape index (κ1) is 11.0. The summed E-state index contributed by atoms with van der Waals surface area (Å²) in [7, 11) is 1.25. The third kappa shape index (κ3) is 2.04. The molecule has 1 saturated heterocycles. The molecule has 0 aromatic heterocycles. The number of hydrogen-bond donors (Lipinski definition) is 2. The number of aliphatic hydroxyl groups excluding tert-OH is 1. The molecule has 1 rings (SSSR count). The van der Waals surface area contributed by atoms with Crippen LogP contribution >= 0.6 is 0 Å². The highest BCUT2D eigenvalue weighted by molar-refractivity contribution is 5.88. The van der Waals surface area contributed by atoms with Crippen LogP contribution in [0.25, 0.3) is 0 Å². The molecule has 1 heterocycles. The second-order valence-electron chi connectivity index (χ2n) is 3.49. The van der Waals surface area contributed by atoms with Gasteiger partial charge in [0.2, 0.25) is 5.91 Å². The molecule has 0 bridgehead atoms. The zero-order valence-electron chi connectivity index (χ0n) is 8.21. The zero-order valence-corrected chi connectivity index (χ0v) is 8.21. The Labute approximate surface area is 82.4 Å². The van der Waals surface area contributed by atoms with Gasteiger partial charge < -0.3 is 15.2 Å². The van der Waals surface area contributed by atoms with Crippen LogP contribution < -0.4 is 5.32 Å². The van der Waals surface area contributed by atoms with E-state index in [-0.39, 0.29) is 5.91 Å². The second kappa shape index (κ2) is 4.41. The van der Waals surface area contributed by atoms with E-state index < -0.39 is 18.1 Å². The molecular formula is C9H15NO4. The molecule has 0 saturated carbocycles. The number of ether oxygens (including phenoxy) is 1. The fourth-order valence-corrected chi connectivity index (χ4v) is 1.64. The van der Waals surface area contributed by atoms with Gasteiger partial charge in [-0.05, 0) is 19.3 Å². The maximum Gasteiger partial charge on any atom is 0.334 e. The SMILES string of the molecule is COC(=O)[C@@]1(CO)CCCCC(=O)N1. The van der Waals surface area contributed by atoms with Gasteiger partial charge in [0.1, 0.15) is 0 Å². The molecule has 0 aliphatic carbocycles. The predicted octanol–water partition coefficient (Wildman–Crippen LogP) is -0.419. The van der Waals surface area contributed by atoms with Crippen LogP contribution in [0, 0.1) is 0 Å². The van der Waals surface area contributed by atoms with Crippen molar-refractivity contribution in [3.63, 3.8) is 0 Å². The highest BCUT2D eigenvalue weighted by Crippen LogP contribution is 2.20. The van der Waals surface area contributed by atoms with Crippen molar-refractivity contribution in [3.05, 3.63) is 0 Å². The van der Waals surface area contributed by atoms with E-state index in [0.717, 1.165) is 12.8 Å². The van der Waals surface area contributed by atoms with Gasteiger partial charge in [0, 0.05) is 6.42 Å². The van der Waals surface area contributed by atoms with Gasteiger partial charge in [-0.1, -0.05) is 0 Å². The number of esters is 1. The molecule has 1 aliphatic heterocycles. The van der Waals surface area contributed by atoms with Crippen molar-refractivity contribution in [2.45, 2.75) is 31.2 Å². The van der Waals surface area contributed by atoms with Crippen molar-refractivity contribution in [1.82, 2.24) is 5.32 Å². The topological polar surface area (TPSA) is 75.6 Å². The molecule has 1 fully saturated rings. The van der Waals surface area contributed by atoms with Gasteiger partial charge in [-0.2, -0.15) is 0 Å². The first-order valence-electron chi connectivity index (χ1n) is 4.65. The lowest BCUT2D eigenvalue weighted by Gasteiger charge is -2.27. The molecule has 0 radical (unpaired) electrons. The summed E-state index contributed by atoms with van der Waals surface area (Å²) in [6.07, 6.45) is 2.31. The lowest BCUT2D eigenvalue weighted by atomic mass is 9.95. The van der Waals surface area contributed by atoms with E-state index in [1.165, 1.54) is 7.11 Å². The Morgan fingerprint density at radius 3 is 2.93 bits per heavy atom. The number of methoxy groups -OCH3 is 1. The van der Waals surface area contributed by atoms with E-state index in [9.17, 15) is 14.7 Å². The molecule has 0 aromatic rings. The largest absolute Gasteiger partial charge is 0.467 e. The van der Waals surface area contributed by atoms with Gasteiger partial charge in [0.15, 0.2) is 5.54 Å². The van der Waals surface area contributed by atoms with E-state index in [1.54, 1.807) is 0 Å². The Hall–Kier alpha value is -1.10. The third-order valence-corrected chi connectivity index (χ3v) is 2.48. The van der Waals surface area contributed by atoms with E-state index in [1.807, 2.05) is 0 Å². The molecule has 2 N–H and O–H groups in total. The number of amides is 1. The summed E-state index contributed by atoms with van der Waals surface area (Å²) in [5, 5.41) is 11.7. The average molecular weight is 201 g/mol. The maximum atomic E-state index is 11.4. The maximum absolute atomic E-state index is 11.4. The van der Waals surface area contributed by atoms with E-state index in [4.69, 9.17) is 0 Å². The molecule has 0 aromatic carbocycles.